The Bertz CT molecular complexity index is 417. The molecule has 0 aromatic carbocycles. The van der Waals surface area contributed by atoms with Gasteiger partial charge >= 0.3 is 0 Å². The monoisotopic (exact) mass is 345 g/mol. The molecule has 1 saturated heterocycles. The molecule has 1 N–H and O–H groups in total. The third-order valence-electron chi connectivity index (χ3n) is 3.52. The molecule has 0 unspecified atom stereocenters. The Labute approximate surface area is 128 Å². The summed E-state index contributed by atoms with van der Waals surface area (Å²) < 4.78 is 0.985. The SMILES string of the molecule is CC(C)NCC1CCN(c2ncc(Cl)cc2Br)CC1. The van der Waals surface area contributed by atoms with Crippen LogP contribution in [0, 0.1) is 5.92 Å². The number of aromatic nitrogens is 1. The van der Waals surface area contributed by atoms with Crippen LogP contribution in [0.5, 0.6) is 0 Å². The Kier molecular flexibility index (Phi) is 5.48. The van der Waals surface area contributed by atoms with Crippen LogP contribution in [0.1, 0.15) is 26.7 Å². The molecule has 0 spiro atoms. The lowest BCUT2D eigenvalue weighted by molar-refractivity contribution is 0.369. The maximum atomic E-state index is 5.93. The van der Waals surface area contributed by atoms with Crippen molar-refractivity contribution in [3.05, 3.63) is 21.8 Å². The summed E-state index contributed by atoms with van der Waals surface area (Å²) in [5.74, 6) is 1.80. The van der Waals surface area contributed by atoms with Crippen molar-refractivity contribution in [2.75, 3.05) is 24.5 Å². The van der Waals surface area contributed by atoms with Gasteiger partial charge in [-0.1, -0.05) is 25.4 Å². The largest absolute Gasteiger partial charge is 0.356 e. The van der Waals surface area contributed by atoms with Crippen molar-refractivity contribution in [2.24, 2.45) is 5.92 Å². The first-order valence-corrected chi connectivity index (χ1v) is 8.02. The predicted molar refractivity (Wildman–Crippen MR) is 85.0 cm³/mol. The Hall–Kier alpha value is -0.320. The van der Waals surface area contributed by atoms with Gasteiger partial charge in [-0.15, -0.1) is 0 Å². The third-order valence-corrected chi connectivity index (χ3v) is 4.31. The third kappa shape index (κ3) is 4.33. The molecule has 1 fully saturated rings. The normalized spacial score (nSPS) is 17.2. The lowest BCUT2D eigenvalue weighted by atomic mass is 9.96. The molecule has 0 saturated carbocycles. The van der Waals surface area contributed by atoms with E-state index >= 15 is 0 Å². The highest BCUT2D eigenvalue weighted by atomic mass is 79.9. The van der Waals surface area contributed by atoms with E-state index in [0.29, 0.717) is 11.1 Å². The molecule has 5 heteroatoms. The molecule has 1 aromatic rings. The minimum absolute atomic E-state index is 0.574. The highest BCUT2D eigenvalue weighted by Gasteiger charge is 2.21. The van der Waals surface area contributed by atoms with Crippen LogP contribution in [0.4, 0.5) is 5.82 Å². The molecule has 106 valence electrons. The zero-order valence-corrected chi connectivity index (χ0v) is 13.8. The molecular formula is C14H21BrClN3. The molecule has 0 bridgehead atoms. The van der Waals surface area contributed by atoms with Crippen LogP contribution >= 0.6 is 27.5 Å². The van der Waals surface area contributed by atoms with Gasteiger partial charge in [-0.2, -0.15) is 0 Å². The Morgan fingerprint density at radius 2 is 2.16 bits per heavy atom. The Morgan fingerprint density at radius 1 is 1.47 bits per heavy atom. The van der Waals surface area contributed by atoms with Crippen LogP contribution < -0.4 is 10.2 Å². The molecular weight excluding hydrogens is 326 g/mol. The summed E-state index contributed by atoms with van der Waals surface area (Å²) in [6.07, 6.45) is 4.15. The van der Waals surface area contributed by atoms with Crippen LogP contribution in [0.25, 0.3) is 0 Å². The maximum absolute atomic E-state index is 5.93. The van der Waals surface area contributed by atoms with E-state index in [-0.39, 0.29) is 0 Å². The van der Waals surface area contributed by atoms with Gasteiger partial charge in [-0.05, 0) is 47.3 Å². The molecule has 0 radical (unpaired) electrons. The van der Waals surface area contributed by atoms with E-state index in [0.717, 1.165) is 35.8 Å². The number of hydrogen-bond acceptors (Lipinski definition) is 3. The van der Waals surface area contributed by atoms with E-state index in [2.05, 4.69) is 45.0 Å². The average molecular weight is 347 g/mol. The van der Waals surface area contributed by atoms with Crippen molar-refractivity contribution >= 4 is 33.3 Å². The first-order chi connectivity index (χ1) is 9.06. The van der Waals surface area contributed by atoms with Gasteiger partial charge in [-0.25, -0.2) is 4.98 Å². The van der Waals surface area contributed by atoms with Gasteiger partial charge in [-0.3, -0.25) is 0 Å². The van der Waals surface area contributed by atoms with E-state index in [1.807, 2.05) is 6.07 Å². The Balaban J connectivity index is 1.89. The van der Waals surface area contributed by atoms with Gasteiger partial charge in [0.2, 0.25) is 0 Å². The zero-order valence-electron chi connectivity index (χ0n) is 11.5. The summed E-state index contributed by atoms with van der Waals surface area (Å²) >= 11 is 9.48. The fourth-order valence-corrected chi connectivity index (χ4v) is 3.28. The minimum atomic E-state index is 0.574. The summed E-state index contributed by atoms with van der Waals surface area (Å²) in [6.45, 7) is 7.66. The number of halogens is 2. The average Bonchev–Trinajstić information content (AvgIpc) is 2.37. The summed E-state index contributed by atoms with van der Waals surface area (Å²) in [5, 5.41) is 4.20. The summed E-state index contributed by atoms with van der Waals surface area (Å²) in [4.78, 5) is 6.77. The number of nitrogens with zero attached hydrogens (tertiary/aromatic N) is 2. The van der Waals surface area contributed by atoms with E-state index in [4.69, 9.17) is 11.6 Å². The summed E-state index contributed by atoms with van der Waals surface area (Å²) in [6, 6.07) is 2.49. The van der Waals surface area contributed by atoms with Crippen LogP contribution in [0.2, 0.25) is 5.02 Å². The highest BCUT2D eigenvalue weighted by molar-refractivity contribution is 9.10. The van der Waals surface area contributed by atoms with Crippen molar-refractivity contribution in [2.45, 2.75) is 32.7 Å². The number of nitrogens with one attached hydrogen (secondary N) is 1. The first kappa shape index (κ1) is 15.1. The zero-order chi connectivity index (χ0) is 13.8. The first-order valence-electron chi connectivity index (χ1n) is 6.85. The molecule has 0 atom stereocenters. The second-order valence-electron chi connectivity index (χ2n) is 5.45. The maximum Gasteiger partial charge on any atom is 0.142 e. The lowest BCUT2D eigenvalue weighted by Crippen LogP contribution is -2.39. The number of piperidine rings is 1. The van der Waals surface area contributed by atoms with Gasteiger partial charge in [0, 0.05) is 25.3 Å². The van der Waals surface area contributed by atoms with Crippen LogP contribution in [0.3, 0.4) is 0 Å². The highest BCUT2D eigenvalue weighted by Crippen LogP contribution is 2.29. The number of pyridine rings is 1. The fraction of sp³-hybridized carbons (Fsp3) is 0.643. The molecule has 2 rings (SSSR count). The van der Waals surface area contributed by atoms with Gasteiger partial charge in [0.15, 0.2) is 0 Å². The molecule has 0 amide bonds. The van der Waals surface area contributed by atoms with Crippen molar-refractivity contribution in [1.82, 2.24) is 10.3 Å². The van der Waals surface area contributed by atoms with Crippen molar-refractivity contribution in [3.8, 4) is 0 Å². The van der Waals surface area contributed by atoms with Gasteiger partial charge < -0.3 is 10.2 Å². The van der Waals surface area contributed by atoms with E-state index in [9.17, 15) is 0 Å². The molecule has 1 aliphatic heterocycles. The van der Waals surface area contributed by atoms with Crippen molar-refractivity contribution < 1.29 is 0 Å². The fourth-order valence-electron chi connectivity index (χ4n) is 2.39. The second kappa shape index (κ2) is 6.91. The molecule has 2 heterocycles. The number of hydrogen-bond donors (Lipinski definition) is 1. The predicted octanol–water partition coefficient (Wildman–Crippen LogP) is 3.71. The van der Waals surface area contributed by atoms with Gasteiger partial charge in [0.05, 0.1) is 9.50 Å². The van der Waals surface area contributed by atoms with Gasteiger partial charge in [0.25, 0.3) is 0 Å². The smallest absolute Gasteiger partial charge is 0.142 e. The number of anilines is 1. The van der Waals surface area contributed by atoms with Crippen LogP contribution in [0.15, 0.2) is 16.7 Å². The van der Waals surface area contributed by atoms with Crippen molar-refractivity contribution in [1.29, 1.82) is 0 Å². The lowest BCUT2D eigenvalue weighted by Gasteiger charge is -2.33. The molecule has 19 heavy (non-hydrogen) atoms. The second-order valence-corrected chi connectivity index (χ2v) is 6.74. The topological polar surface area (TPSA) is 28.2 Å². The Morgan fingerprint density at radius 3 is 2.74 bits per heavy atom. The molecule has 1 aromatic heterocycles. The van der Waals surface area contributed by atoms with Crippen LogP contribution in [-0.4, -0.2) is 30.7 Å². The minimum Gasteiger partial charge on any atom is -0.356 e. The number of rotatable bonds is 4. The molecule has 0 aliphatic carbocycles. The summed E-state index contributed by atoms with van der Waals surface area (Å²) in [7, 11) is 0. The standard InChI is InChI=1S/C14H21BrClN3/c1-10(2)17-8-11-3-5-19(6-4-11)14-13(15)7-12(16)9-18-14/h7,9-11,17H,3-6,8H2,1-2H3. The van der Waals surface area contributed by atoms with Crippen LogP contribution in [-0.2, 0) is 0 Å². The van der Waals surface area contributed by atoms with E-state index < -0.39 is 0 Å². The molecule has 3 nitrogen and oxygen atoms in total. The van der Waals surface area contributed by atoms with E-state index in [1.165, 1.54) is 12.8 Å². The molecule has 1 aliphatic rings. The van der Waals surface area contributed by atoms with Crippen molar-refractivity contribution in [3.63, 3.8) is 0 Å². The van der Waals surface area contributed by atoms with E-state index in [1.54, 1.807) is 6.20 Å². The summed E-state index contributed by atoms with van der Waals surface area (Å²) in [5.41, 5.74) is 0. The van der Waals surface area contributed by atoms with Gasteiger partial charge in [0.1, 0.15) is 5.82 Å². The quantitative estimate of drug-likeness (QED) is 0.901.